The molecule has 0 radical (unpaired) electrons. The zero-order chi connectivity index (χ0) is 17.7. The molecule has 0 aromatic carbocycles. The highest BCUT2D eigenvalue weighted by atomic mass is 16.3. The van der Waals surface area contributed by atoms with Crippen LogP contribution >= 0.6 is 0 Å². The number of aliphatic hydroxyl groups excluding tert-OH is 1. The predicted octanol–water partition coefficient (Wildman–Crippen LogP) is 0.821. The largest absolute Gasteiger partial charge is 0.396 e. The van der Waals surface area contributed by atoms with Gasteiger partial charge >= 0.3 is 0 Å². The van der Waals surface area contributed by atoms with Crippen LogP contribution in [0.1, 0.15) is 32.6 Å². The van der Waals surface area contributed by atoms with Crippen LogP contribution in [0, 0.1) is 5.41 Å². The minimum atomic E-state index is -0.143. The summed E-state index contributed by atoms with van der Waals surface area (Å²) in [4.78, 5) is 25.2. The Morgan fingerprint density at radius 3 is 2.17 bits per heavy atom. The molecule has 0 aromatic heterocycles. The lowest BCUT2D eigenvalue weighted by atomic mass is 10.1. The van der Waals surface area contributed by atoms with Crippen molar-refractivity contribution in [1.29, 1.82) is 0 Å². The first-order chi connectivity index (χ1) is 11.0. The number of hydrogen-bond acceptors (Lipinski definition) is 4. The number of rotatable bonds is 10. The van der Waals surface area contributed by atoms with Gasteiger partial charge in [-0.05, 0) is 19.4 Å². The molecule has 0 bridgehead atoms. The molecule has 23 heavy (non-hydrogen) atoms. The molecule has 0 aliphatic heterocycles. The number of aliphatic hydroxyl groups is 1. The van der Waals surface area contributed by atoms with Crippen LogP contribution < -0.4 is 11.1 Å². The summed E-state index contributed by atoms with van der Waals surface area (Å²) in [5, 5.41) is 11.9. The van der Waals surface area contributed by atoms with Crippen molar-refractivity contribution in [1.82, 2.24) is 10.2 Å². The normalized spacial score (nSPS) is 14.0. The first kappa shape index (κ1) is 21.3. The van der Waals surface area contributed by atoms with Gasteiger partial charge in [0, 0.05) is 37.9 Å². The first-order valence-corrected chi connectivity index (χ1v) is 8.05. The van der Waals surface area contributed by atoms with Gasteiger partial charge in [-0.1, -0.05) is 19.1 Å². The average molecular weight is 325 g/mol. The van der Waals surface area contributed by atoms with E-state index in [-0.39, 0.29) is 36.7 Å². The fraction of sp³-hybridized carbons (Fsp3) is 0.647. The summed E-state index contributed by atoms with van der Waals surface area (Å²) in [5.41, 5.74) is 4.75. The molecule has 132 valence electrons. The van der Waals surface area contributed by atoms with E-state index in [0.29, 0.717) is 19.6 Å². The summed E-state index contributed by atoms with van der Waals surface area (Å²) in [6, 6.07) is 0. The Hall–Kier alpha value is -1.66. The van der Waals surface area contributed by atoms with E-state index in [0.717, 1.165) is 19.4 Å². The molecular weight excluding hydrogens is 294 g/mol. The highest BCUT2D eigenvalue weighted by molar-refractivity contribution is 5.83. The monoisotopic (exact) mass is 325 g/mol. The highest BCUT2D eigenvalue weighted by Crippen LogP contribution is 2.44. The Labute approximate surface area is 139 Å². The van der Waals surface area contributed by atoms with Gasteiger partial charge in [-0.15, -0.1) is 13.2 Å². The second kappa shape index (κ2) is 11.8. The number of amides is 2. The number of nitrogens with two attached hydrogens (primary N) is 1. The van der Waals surface area contributed by atoms with Crippen molar-refractivity contribution in [3.05, 3.63) is 25.3 Å². The van der Waals surface area contributed by atoms with Crippen LogP contribution in [0.2, 0.25) is 0 Å². The van der Waals surface area contributed by atoms with Crippen molar-refractivity contribution in [3.8, 4) is 0 Å². The Balaban J connectivity index is 0.00000149. The molecule has 0 unspecified atom stereocenters. The molecule has 0 aromatic rings. The van der Waals surface area contributed by atoms with Crippen molar-refractivity contribution >= 4 is 11.8 Å². The molecule has 0 spiro atoms. The summed E-state index contributed by atoms with van der Waals surface area (Å²) in [6.07, 6.45) is 5.56. The third kappa shape index (κ3) is 9.15. The van der Waals surface area contributed by atoms with Crippen LogP contribution in [0.3, 0.4) is 0 Å². The molecule has 1 rings (SSSR count). The van der Waals surface area contributed by atoms with E-state index in [9.17, 15) is 9.59 Å². The number of nitrogens with one attached hydrogen (secondary N) is 1. The van der Waals surface area contributed by atoms with Gasteiger partial charge in [0.1, 0.15) is 0 Å². The topological polar surface area (TPSA) is 95.7 Å². The molecule has 1 fully saturated rings. The van der Waals surface area contributed by atoms with E-state index in [4.69, 9.17) is 10.8 Å². The number of carbonyl (C=O) groups excluding carboxylic acids is 2. The third-order valence-corrected chi connectivity index (χ3v) is 3.57. The second-order valence-electron chi connectivity index (χ2n) is 5.72. The number of nitrogens with zero attached hydrogens (tertiary/aromatic N) is 1. The van der Waals surface area contributed by atoms with E-state index >= 15 is 0 Å². The zero-order valence-electron chi connectivity index (χ0n) is 14.2. The summed E-state index contributed by atoms with van der Waals surface area (Å²) in [7, 11) is 0. The lowest BCUT2D eigenvalue weighted by molar-refractivity contribution is -0.132. The van der Waals surface area contributed by atoms with Gasteiger partial charge in [-0.2, -0.15) is 0 Å². The molecule has 0 heterocycles. The van der Waals surface area contributed by atoms with Crippen molar-refractivity contribution in [2.24, 2.45) is 11.1 Å². The van der Waals surface area contributed by atoms with Crippen LogP contribution in [-0.2, 0) is 9.59 Å². The number of carbonyl (C=O) groups is 2. The smallest absolute Gasteiger partial charge is 0.223 e. The Morgan fingerprint density at radius 2 is 1.78 bits per heavy atom. The minimum Gasteiger partial charge on any atom is -0.396 e. The van der Waals surface area contributed by atoms with Crippen LogP contribution in [0.4, 0.5) is 0 Å². The molecule has 2 amide bonds. The molecule has 6 nitrogen and oxygen atoms in total. The fourth-order valence-electron chi connectivity index (χ4n) is 1.91. The summed E-state index contributed by atoms with van der Waals surface area (Å²) in [5.74, 6) is -0.224. The van der Waals surface area contributed by atoms with Crippen LogP contribution in [-0.4, -0.2) is 54.6 Å². The van der Waals surface area contributed by atoms with E-state index in [1.54, 1.807) is 17.1 Å². The molecular formula is C17H31N3O3. The average Bonchev–Trinajstić information content (AvgIpc) is 3.32. The van der Waals surface area contributed by atoms with Gasteiger partial charge in [-0.25, -0.2) is 0 Å². The lowest BCUT2D eigenvalue weighted by Crippen LogP contribution is -2.34. The molecule has 1 aliphatic rings. The maximum Gasteiger partial charge on any atom is 0.223 e. The van der Waals surface area contributed by atoms with Gasteiger partial charge in [0.15, 0.2) is 0 Å². The van der Waals surface area contributed by atoms with Crippen LogP contribution in [0.5, 0.6) is 0 Å². The van der Waals surface area contributed by atoms with E-state index in [2.05, 4.69) is 18.5 Å². The van der Waals surface area contributed by atoms with Gasteiger partial charge < -0.3 is 21.1 Å². The Kier molecular flexibility index (Phi) is 11.0. The highest BCUT2D eigenvalue weighted by Gasteiger charge is 2.41. The van der Waals surface area contributed by atoms with Gasteiger partial charge in [0.25, 0.3) is 0 Å². The SMILES string of the molecule is C=CCN(CC=C)C(=O)CCC(=O)NCC1(CO)CC1.CCN. The minimum absolute atomic E-state index is 0.0803. The molecule has 0 saturated heterocycles. The number of hydrogen-bond donors (Lipinski definition) is 3. The van der Waals surface area contributed by atoms with Gasteiger partial charge in [-0.3, -0.25) is 9.59 Å². The van der Waals surface area contributed by atoms with E-state index < -0.39 is 0 Å². The summed E-state index contributed by atoms with van der Waals surface area (Å²) < 4.78 is 0. The maximum absolute atomic E-state index is 11.9. The van der Waals surface area contributed by atoms with Crippen molar-refractivity contribution in [3.63, 3.8) is 0 Å². The zero-order valence-corrected chi connectivity index (χ0v) is 14.2. The fourth-order valence-corrected chi connectivity index (χ4v) is 1.91. The first-order valence-electron chi connectivity index (χ1n) is 8.05. The molecule has 1 aliphatic carbocycles. The van der Waals surface area contributed by atoms with E-state index in [1.165, 1.54) is 0 Å². The Morgan fingerprint density at radius 1 is 1.26 bits per heavy atom. The van der Waals surface area contributed by atoms with Crippen LogP contribution in [0.25, 0.3) is 0 Å². The van der Waals surface area contributed by atoms with Gasteiger partial charge in [0.2, 0.25) is 11.8 Å². The third-order valence-electron chi connectivity index (χ3n) is 3.57. The second-order valence-corrected chi connectivity index (χ2v) is 5.72. The quantitative estimate of drug-likeness (QED) is 0.518. The summed E-state index contributed by atoms with van der Waals surface area (Å²) in [6.45, 7) is 11.4. The molecule has 1 saturated carbocycles. The molecule has 6 heteroatoms. The lowest BCUT2D eigenvalue weighted by Gasteiger charge is -2.19. The van der Waals surface area contributed by atoms with Crippen LogP contribution in [0.15, 0.2) is 25.3 Å². The van der Waals surface area contributed by atoms with E-state index in [1.807, 2.05) is 6.92 Å². The van der Waals surface area contributed by atoms with Crippen molar-refractivity contribution in [2.45, 2.75) is 32.6 Å². The van der Waals surface area contributed by atoms with Crippen molar-refractivity contribution < 1.29 is 14.7 Å². The maximum atomic E-state index is 11.9. The molecule has 0 atom stereocenters. The Bertz CT molecular complexity index is 383. The summed E-state index contributed by atoms with van der Waals surface area (Å²) >= 11 is 0. The predicted molar refractivity (Wildman–Crippen MR) is 92.7 cm³/mol. The van der Waals surface area contributed by atoms with Crippen molar-refractivity contribution in [2.75, 3.05) is 32.8 Å². The standard InChI is InChI=1S/C15H24N2O3.C2H7N/c1-3-9-17(10-4-2)14(20)6-5-13(19)16-11-15(12-18)7-8-15;1-2-3/h3-4,18H,1-2,5-12H2,(H,16,19);2-3H2,1H3. The van der Waals surface area contributed by atoms with Gasteiger partial charge in [0.05, 0.1) is 6.61 Å². The molecule has 4 N–H and O–H groups in total.